The summed E-state index contributed by atoms with van der Waals surface area (Å²) in [5.74, 6) is -9.08. The molecule has 15 heteroatoms. The summed E-state index contributed by atoms with van der Waals surface area (Å²) in [5, 5.41) is 0. The van der Waals surface area contributed by atoms with Crippen molar-refractivity contribution in [2.75, 3.05) is 13.2 Å². The average Bonchev–Trinajstić information content (AvgIpc) is 2.94. The number of rotatable bonds is 11. The zero-order valence-electron chi connectivity index (χ0n) is 24.8. The van der Waals surface area contributed by atoms with Crippen LogP contribution in [0.5, 0.6) is 5.75 Å². The fourth-order valence-electron chi connectivity index (χ4n) is 4.95. The molecule has 1 fully saturated rings. The number of nitrogens with zero attached hydrogens (tertiary/aromatic N) is 2. The van der Waals surface area contributed by atoms with Crippen molar-refractivity contribution in [2.45, 2.75) is 88.0 Å². The molecule has 2 aromatic rings. The van der Waals surface area contributed by atoms with Crippen molar-refractivity contribution in [1.29, 1.82) is 0 Å². The topological polar surface area (TPSA) is 66.9 Å². The molecule has 0 aromatic heterocycles. The van der Waals surface area contributed by atoms with Crippen LogP contribution in [-0.4, -0.2) is 61.4 Å². The number of alkyl halides is 8. The highest BCUT2D eigenvalue weighted by molar-refractivity contribution is 7.84. The van der Waals surface area contributed by atoms with Gasteiger partial charge in [-0.1, -0.05) is 42.5 Å². The largest absolute Gasteiger partial charge is 0.494 e. The zero-order valence-corrected chi connectivity index (χ0v) is 25.6. The van der Waals surface area contributed by atoms with Crippen molar-refractivity contribution in [3.63, 3.8) is 0 Å². The number of hydrogen-bond donors (Lipinski definition) is 0. The Morgan fingerprint density at radius 3 is 2.02 bits per heavy atom. The minimum Gasteiger partial charge on any atom is -0.494 e. The number of ether oxygens (including phenoxy) is 1. The van der Waals surface area contributed by atoms with E-state index in [1.165, 1.54) is 45.0 Å². The maximum Gasteiger partial charge on any atom is 0.418 e. The number of amides is 2. The standard InChI is InChI=1S/C30H34F8N2O4S/c1-26(2,3)45(43)40(20-21-10-5-4-6-11-21)28(30(36,37)38,29(34,35)25(42)39-18-8-7-12-24(39)41)22-13-15-23(16-14-22)44-19-9-17-27(31,32)33/h4-6,10-11,13-16H,7-9,12,17-20H2,1-3H3. The normalized spacial score (nSPS) is 17.2. The molecule has 6 nitrogen and oxygen atoms in total. The predicted molar refractivity (Wildman–Crippen MR) is 150 cm³/mol. The first-order chi connectivity index (χ1) is 20.7. The minimum atomic E-state index is -5.99. The van der Waals surface area contributed by atoms with Crippen molar-refractivity contribution in [1.82, 2.24) is 9.21 Å². The molecule has 0 saturated carbocycles. The molecular weight excluding hydrogens is 636 g/mol. The third-order valence-corrected chi connectivity index (χ3v) is 8.97. The van der Waals surface area contributed by atoms with Gasteiger partial charge in [0, 0.05) is 25.9 Å². The Kier molecular flexibility index (Phi) is 11.1. The molecular formula is C30H34F8N2O4S. The van der Waals surface area contributed by atoms with Gasteiger partial charge in [-0.15, -0.1) is 0 Å². The SMILES string of the molecule is CC(C)(C)S(=O)N(Cc1ccccc1)C(c1ccc(OCCCC(F)(F)F)cc1)(C(F)(F)F)C(F)(F)C(=O)N1CCCCC1=O. The predicted octanol–water partition coefficient (Wildman–Crippen LogP) is 7.30. The van der Waals surface area contributed by atoms with Crippen molar-refractivity contribution >= 4 is 22.8 Å². The van der Waals surface area contributed by atoms with Gasteiger partial charge < -0.3 is 4.74 Å². The molecule has 1 saturated heterocycles. The fraction of sp³-hybridized carbons (Fsp3) is 0.533. The number of halogens is 8. The van der Waals surface area contributed by atoms with E-state index in [2.05, 4.69) is 0 Å². The summed E-state index contributed by atoms with van der Waals surface area (Å²) < 4.78 is 136. The maximum absolute atomic E-state index is 16.9. The van der Waals surface area contributed by atoms with Crippen LogP contribution in [0.25, 0.3) is 0 Å². The Labute approximate surface area is 258 Å². The van der Waals surface area contributed by atoms with E-state index < -0.39 is 89.5 Å². The number of hydrogen-bond acceptors (Lipinski definition) is 4. The van der Waals surface area contributed by atoms with Crippen LogP contribution in [0.15, 0.2) is 54.6 Å². The summed E-state index contributed by atoms with van der Waals surface area (Å²) >= 11 is 0. The van der Waals surface area contributed by atoms with Crippen molar-refractivity contribution < 1.29 is 53.7 Å². The van der Waals surface area contributed by atoms with Crippen LogP contribution in [0.2, 0.25) is 0 Å². The fourth-order valence-corrected chi connectivity index (χ4v) is 6.45. The number of benzene rings is 2. The van der Waals surface area contributed by atoms with Crippen LogP contribution in [0.1, 0.15) is 64.0 Å². The molecule has 45 heavy (non-hydrogen) atoms. The van der Waals surface area contributed by atoms with Crippen LogP contribution < -0.4 is 4.74 Å². The van der Waals surface area contributed by atoms with Gasteiger partial charge in [-0.05, 0) is 63.3 Å². The Balaban J connectivity index is 2.27. The van der Waals surface area contributed by atoms with Crippen LogP contribution in [-0.2, 0) is 32.7 Å². The molecule has 2 atom stereocenters. The molecule has 0 bridgehead atoms. The molecule has 250 valence electrons. The van der Waals surface area contributed by atoms with E-state index in [1.54, 1.807) is 6.07 Å². The van der Waals surface area contributed by atoms with E-state index in [0.717, 1.165) is 12.1 Å². The summed E-state index contributed by atoms with van der Waals surface area (Å²) in [6.45, 7) is 1.92. The highest BCUT2D eigenvalue weighted by atomic mass is 32.2. The van der Waals surface area contributed by atoms with E-state index >= 15 is 22.0 Å². The summed E-state index contributed by atoms with van der Waals surface area (Å²) in [6, 6.07) is 10.1. The smallest absolute Gasteiger partial charge is 0.418 e. The molecule has 0 radical (unpaired) electrons. The molecule has 1 heterocycles. The van der Waals surface area contributed by atoms with Gasteiger partial charge in [0.2, 0.25) is 11.4 Å². The van der Waals surface area contributed by atoms with Gasteiger partial charge in [0.25, 0.3) is 0 Å². The summed E-state index contributed by atoms with van der Waals surface area (Å²) in [6.07, 6.45) is -12.1. The molecule has 1 aliphatic heterocycles. The third kappa shape index (κ3) is 8.02. The van der Waals surface area contributed by atoms with Gasteiger partial charge in [0.05, 0.1) is 11.4 Å². The minimum absolute atomic E-state index is 0.0495. The Hall–Kier alpha value is -3.07. The number of carbonyl (C=O) groups excluding carboxylic acids is 2. The Morgan fingerprint density at radius 2 is 1.51 bits per heavy atom. The molecule has 2 amide bonds. The van der Waals surface area contributed by atoms with Crippen molar-refractivity contribution in [2.24, 2.45) is 0 Å². The lowest BCUT2D eigenvalue weighted by atomic mass is 9.81. The first-order valence-electron chi connectivity index (χ1n) is 14.1. The Morgan fingerprint density at radius 1 is 0.911 bits per heavy atom. The number of likely N-dealkylation sites (tertiary alicyclic amines) is 1. The lowest BCUT2D eigenvalue weighted by Gasteiger charge is -2.49. The van der Waals surface area contributed by atoms with Gasteiger partial charge in [-0.3, -0.25) is 14.5 Å². The maximum atomic E-state index is 16.9. The first-order valence-corrected chi connectivity index (χ1v) is 15.2. The lowest BCUT2D eigenvalue weighted by Crippen LogP contribution is -2.71. The number of carbonyl (C=O) groups is 2. The van der Waals surface area contributed by atoms with Crippen LogP contribution in [0.3, 0.4) is 0 Å². The van der Waals surface area contributed by atoms with E-state index in [9.17, 15) is 27.0 Å². The molecule has 0 spiro atoms. The second-order valence-electron chi connectivity index (χ2n) is 11.6. The summed E-state index contributed by atoms with van der Waals surface area (Å²) in [7, 11) is -2.85. The summed E-state index contributed by atoms with van der Waals surface area (Å²) in [4.78, 5) is 26.1. The molecule has 2 unspecified atom stereocenters. The van der Waals surface area contributed by atoms with Crippen LogP contribution in [0, 0.1) is 0 Å². The monoisotopic (exact) mass is 670 g/mol. The van der Waals surface area contributed by atoms with Gasteiger partial charge in [-0.25, -0.2) is 4.21 Å². The van der Waals surface area contributed by atoms with E-state index in [1.807, 2.05) is 0 Å². The van der Waals surface area contributed by atoms with E-state index in [4.69, 9.17) is 4.74 Å². The van der Waals surface area contributed by atoms with Crippen LogP contribution in [0.4, 0.5) is 35.1 Å². The van der Waals surface area contributed by atoms with E-state index in [0.29, 0.717) is 12.1 Å². The number of piperidine rings is 1. The zero-order chi connectivity index (χ0) is 33.8. The van der Waals surface area contributed by atoms with Gasteiger partial charge in [0.1, 0.15) is 16.7 Å². The number of imide groups is 1. The lowest BCUT2D eigenvalue weighted by molar-refractivity contribution is -0.290. The van der Waals surface area contributed by atoms with Gasteiger partial charge in [0.15, 0.2) is 0 Å². The first kappa shape index (κ1) is 36.4. The van der Waals surface area contributed by atoms with Crippen molar-refractivity contribution in [3.8, 4) is 5.75 Å². The van der Waals surface area contributed by atoms with Gasteiger partial charge in [-0.2, -0.15) is 39.4 Å². The summed E-state index contributed by atoms with van der Waals surface area (Å²) in [5.41, 5.74) is -5.70. The molecule has 2 aromatic carbocycles. The highest BCUT2D eigenvalue weighted by Crippen LogP contribution is 2.56. The van der Waals surface area contributed by atoms with Crippen LogP contribution >= 0.6 is 0 Å². The molecule has 0 N–H and O–H groups in total. The quantitative estimate of drug-likeness (QED) is 0.186. The molecule has 1 aliphatic rings. The average molecular weight is 671 g/mol. The molecule has 0 aliphatic carbocycles. The van der Waals surface area contributed by atoms with E-state index in [-0.39, 0.29) is 39.8 Å². The Bertz CT molecular complexity index is 1340. The van der Waals surface area contributed by atoms with Crippen molar-refractivity contribution in [3.05, 3.63) is 65.7 Å². The van der Waals surface area contributed by atoms with Gasteiger partial charge >= 0.3 is 24.2 Å². The second-order valence-corrected chi connectivity index (χ2v) is 13.7. The third-order valence-electron chi connectivity index (χ3n) is 7.11. The molecule has 3 rings (SSSR count). The highest BCUT2D eigenvalue weighted by Gasteiger charge is 2.78. The second kappa shape index (κ2) is 13.7.